The number of rotatable bonds is 7. The van der Waals surface area contributed by atoms with Crippen molar-refractivity contribution in [3.05, 3.63) is 59.5 Å². The second kappa shape index (κ2) is 10.5. The molecule has 5 rings (SSSR count). The lowest BCUT2D eigenvalue weighted by atomic mass is 10.1. The van der Waals surface area contributed by atoms with Crippen LogP contribution in [0.15, 0.2) is 48.1 Å². The molecule has 0 radical (unpaired) electrons. The number of hydrogen-bond acceptors (Lipinski definition) is 12. The molecule has 11 nitrogen and oxygen atoms in total. The van der Waals surface area contributed by atoms with Crippen molar-refractivity contribution in [3.8, 4) is 11.5 Å². The van der Waals surface area contributed by atoms with Crippen LogP contribution < -0.4 is 16.0 Å². The second-order valence-corrected chi connectivity index (χ2v) is 8.70. The summed E-state index contributed by atoms with van der Waals surface area (Å²) in [6, 6.07) is 9.17. The zero-order valence-corrected chi connectivity index (χ0v) is 19.7. The molecular weight excluding hydrogens is 466 g/mol. The molecule has 4 aromatic rings. The maximum absolute atomic E-state index is 12.4. The molecule has 5 heterocycles. The number of nitrogens with zero attached hydrogens (tertiary/aromatic N) is 6. The van der Waals surface area contributed by atoms with Gasteiger partial charge < -0.3 is 15.4 Å². The van der Waals surface area contributed by atoms with E-state index in [4.69, 9.17) is 4.74 Å². The number of piperidine rings is 1. The average molecular weight is 490 g/mol. The van der Waals surface area contributed by atoms with Crippen LogP contribution in [0.5, 0.6) is 0 Å². The van der Waals surface area contributed by atoms with Crippen molar-refractivity contribution in [1.29, 1.82) is 0 Å². The van der Waals surface area contributed by atoms with E-state index < -0.39 is 5.97 Å². The van der Waals surface area contributed by atoms with Crippen molar-refractivity contribution in [2.24, 2.45) is 0 Å². The molecule has 35 heavy (non-hydrogen) atoms. The molecule has 0 aliphatic carbocycles. The summed E-state index contributed by atoms with van der Waals surface area (Å²) in [6.45, 7) is 3.62. The quantitative estimate of drug-likeness (QED) is 0.329. The fourth-order valence-electron chi connectivity index (χ4n) is 3.48. The van der Waals surface area contributed by atoms with Gasteiger partial charge >= 0.3 is 5.97 Å². The van der Waals surface area contributed by atoms with Gasteiger partial charge in [0.15, 0.2) is 16.6 Å². The van der Waals surface area contributed by atoms with Gasteiger partial charge in [-0.15, -0.1) is 11.3 Å². The Morgan fingerprint density at radius 3 is 2.63 bits per heavy atom. The summed E-state index contributed by atoms with van der Waals surface area (Å²) >= 11 is 1.28. The fourth-order valence-corrected chi connectivity index (χ4v) is 4.16. The van der Waals surface area contributed by atoms with Crippen LogP contribution in [-0.4, -0.2) is 55.1 Å². The highest BCUT2D eigenvalue weighted by molar-refractivity contribution is 7.14. The van der Waals surface area contributed by atoms with E-state index in [9.17, 15) is 4.79 Å². The van der Waals surface area contributed by atoms with E-state index in [1.165, 1.54) is 11.3 Å². The van der Waals surface area contributed by atoms with E-state index in [1.807, 2.05) is 25.1 Å². The number of ether oxygens (including phenoxy) is 1. The van der Waals surface area contributed by atoms with Gasteiger partial charge in [0.25, 0.3) is 0 Å². The smallest absolute Gasteiger partial charge is 0.358 e. The summed E-state index contributed by atoms with van der Waals surface area (Å²) in [6.07, 6.45) is 4.82. The van der Waals surface area contributed by atoms with Crippen LogP contribution in [-0.2, 0) is 4.74 Å². The van der Waals surface area contributed by atoms with Gasteiger partial charge in [-0.25, -0.2) is 29.7 Å². The summed E-state index contributed by atoms with van der Waals surface area (Å²) in [5.74, 6) is 1.53. The van der Waals surface area contributed by atoms with Gasteiger partial charge in [-0.3, -0.25) is 5.32 Å². The second-order valence-electron chi connectivity index (χ2n) is 7.84. The monoisotopic (exact) mass is 489 g/mol. The van der Waals surface area contributed by atoms with Crippen molar-refractivity contribution in [3.63, 3.8) is 0 Å². The van der Waals surface area contributed by atoms with E-state index in [0.717, 1.165) is 31.6 Å². The molecular formula is C23H23N9O2S. The molecule has 1 aliphatic rings. The molecule has 0 saturated carbocycles. The molecule has 1 fully saturated rings. The van der Waals surface area contributed by atoms with Crippen LogP contribution >= 0.6 is 11.3 Å². The Balaban J connectivity index is 1.24. The number of nitrogens with one attached hydrogen (secondary N) is 3. The lowest BCUT2D eigenvalue weighted by molar-refractivity contribution is 0.0224. The van der Waals surface area contributed by atoms with Crippen molar-refractivity contribution in [1.82, 2.24) is 35.2 Å². The van der Waals surface area contributed by atoms with Gasteiger partial charge in [0.2, 0.25) is 5.95 Å². The number of hydrogen-bond donors (Lipinski definition) is 3. The van der Waals surface area contributed by atoms with Crippen molar-refractivity contribution < 1.29 is 9.53 Å². The molecule has 3 N–H and O–H groups in total. The normalized spacial score (nSPS) is 13.9. The van der Waals surface area contributed by atoms with Gasteiger partial charge in [0.1, 0.15) is 23.4 Å². The Morgan fingerprint density at radius 2 is 1.80 bits per heavy atom. The Hall–Kier alpha value is -4.03. The molecule has 0 amide bonds. The third-order valence-corrected chi connectivity index (χ3v) is 5.93. The number of anilines is 4. The topological polar surface area (TPSA) is 140 Å². The zero-order valence-electron chi connectivity index (χ0n) is 18.9. The van der Waals surface area contributed by atoms with E-state index in [0.29, 0.717) is 34.2 Å². The largest absolute Gasteiger partial charge is 0.458 e. The van der Waals surface area contributed by atoms with Crippen LogP contribution in [0.3, 0.4) is 0 Å². The Labute approximate surface area is 205 Å². The number of pyridine rings is 1. The van der Waals surface area contributed by atoms with Crippen molar-refractivity contribution in [2.45, 2.75) is 25.9 Å². The molecule has 4 aromatic heterocycles. The van der Waals surface area contributed by atoms with E-state index >= 15 is 0 Å². The van der Waals surface area contributed by atoms with Gasteiger partial charge in [-0.1, -0.05) is 6.07 Å². The zero-order chi connectivity index (χ0) is 24.0. The molecule has 178 valence electrons. The molecule has 0 aromatic carbocycles. The minimum absolute atomic E-state index is 0.0723. The van der Waals surface area contributed by atoms with E-state index in [-0.39, 0.29) is 11.8 Å². The van der Waals surface area contributed by atoms with Crippen LogP contribution in [0, 0.1) is 6.92 Å². The van der Waals surface area contributed by atoms with Crippen molar-refractivity contribution >= 4 is 40.0 Å². The predicted molar refractivity (Wildman–Crippen MR) is 132 cm³/mol. The summed E-state index contributed by atoms with van der Waals surface area (Å²) in [5, 5.41) is 11.6. The van der Waals surface area contributed by atoms with E-state index in [2.05, 4.69) is 45.9 Å². The van der Waals surface area contributed by atoms with Gasteiger partial charge in [0.05, 0.1) is 0 Å². The first-order valence-corrected chi connectivity index (χ1v) is 12.0. The average Bonchev–Trinajstić information content (AvgIpc) is 3.34. The minimum atomic E-state index is -0.416. The molecule has 1 saturated heterocycles. The lowest BCUT2D eigenvalue weighted by Crippen LogP contribution is -2.33. The highest BCUT2D eigenvalue weighted by atomic mass is 32.1. The highest BCUT2D eigenvalue weighted by Crippen LogP contribution is 2.22. The van der Waals surface area contributed by atoms with Gasteiger partial charge in [-0.05, 0) is 57.1 Å². The summed E-state index contributed by atoms with van der Waals surface area (Å²) in [7, 11) is 0. The molecule has 0 unspecified atom stereocenters. The molecule has 12 heteroatoms. The number of carbonyl (C=O) groups is 1. The van der Waals surface area contributed by atoms with Crippen molar-refractivity contribution in [2.75, 3.05) is 23.7 Å². The SMILES string of the molecule is Cc1cccc(-c2nccc(Nc3ccnc(Nc4nc(C(=O)OC5CCNCC5)cs4)n3)n2)n1. The summed E-state index contributed by atoms with van der Waals surface area (Å²) in [4.78, 5) is 38.7. The standard InChI is InChI=1S/C23H23N9O2S/c1-14-3-2-4-16(27-14)20-25-11-7-18(30-20)29-19-8-12-26-22(31-19)32-23-28-17(13-35-23)21(33)34-15-5-9-24-10-6-15/h2-4,7-8,11-13,15,24H,5-6,9-10H2,1H3,(H2,25,26,28,29,30,31,32). The summed E-state index contributed by atoms with van der Waals surface area (Å²) in [5.41, 5.74) is 1.85. The van der Waals surface area contributed by atoms with Crippen LogP contribution in [0.1, 0.15) is 29.0 Å². The maximum Gasteiger partial charge on any atom is 0.358 e. The van der Waals surface area contributed by atoms with Crippen LogP contribution in [0.25, 0.3) is 11.5 Å². The first kappa shape index (κ1) is 22.7. The van der Waals surface area contributed by atoms with Crippen LogP contribution in [0.4, 0.5) is 22.7 Å². The Morgan fingerprint density at radius 1 is 1.00 bits per heavy atom. The fraction of sp³-hybridized carbons (Fsp3) is 0.261. The highest BCUT2D eigenvalue weighted by Gasteiger charge is 2.20. The number of thiazole rings is 1. The molecule has 0 spiro atoms. The summed E-state index contributed by atoms with van der Waals surface area (Å²) < 4.78 is 5.55. The van der Waals surface area contributed by atoms with Gasteiger partial charge in [-0.2, -0.15) is 4.98 Å². The Bertz CT molecular complexity index is 1320. The number of carbonyl (C=O) groups excluding carboxylic acids is 1. The first-order chi connectivity index (χ1) is 17.1. The van der Waals surface area contributed by atoms with E-state index in [1.54, 1.807) is 29.9 Å². The molecule has 1 aliphatic heterocycles. The predicted octanol–water partition coefficient (Wildman–Crippen LogP) is 3.49. The minimum Gasteiger partial charge on any atom is -0.458 e. The lowest BCUT2D eigenvalue weighted by Gasteiger charge is -2.22. The van der Waals surface area contributed by atoms with Crippen LogP contribution in [0.2, 0.25) is 0 Å². The molecule has 0 bridgehead atoms. The number of aromatic nitrogens is 6. The molecule has 0 atom stereocenters. The first-order valence-electron chi connectivity index (χ1n) is 11.1. The third kappa shape index (κ3) is 5.91. The maximum atomic E-state index is 12.4. The Kier molecular flexibility index (Phi) is 6.82. The number of aryl methyl sites for hydroxylation is 1. The van der Waals surface area contributed by atoms with Gasteiger partial charge in [0, 0.05) is 23.5 Å². The third-order valence-electron chi connectivity index (χ3n) is 5.18. The number of esters is 1.